The molecule has 0 heterocycles. The monoisotopic (exact) mass is 227 g/mol. The predicted octanol–water partition coefficient (Wildman–Crippen LogP) is 3.04. The Morgan fingerprint density at radius 2 is 1.31 bits per heavy atom. The average Bonchev–Trinajstić information content (AvgIpc) is 2.12. The lowest BCUT2D eigenvalue weighted by atomic mass is 10.1. The Hall–Kier alpha value is -0.0800. The number of hydrogen-bond donors (Lipinski definition) is 0. The third-order valence-electron chi connectivity index (χ3n) is 3.31. The van der Waals surface area contributed by atoms with Crippen LogP contribution < -0.4 is 0 Å². The van der Waals surface area contributed by atoms with Crippen LogP contribution in [0, 0.1) is 6.92 Å². The summed E-state index contributed by atoms with van der Waals surface area (Å²) in [6.45, 7) is 18.9. The van der Waals surface area contributed by atoms with Gasteiger partial charge in [0, 0.05) is 24.2 Å². The Morgan fingerprint density at radius 1 is 0.875 bits per heavy atom. The molecule has 0 aliphatic rings. The van der Waals surface area contributed by atoms with Crippen LogP contribution in [-0.4, -0.2) is 47.6 Å². The Kier molecular flexibility index (Phi) is 7.25. The molecular formula is C14H31N2. The highest BCUT2D eigenvalue weighted by atomic mass is 15.2. The van der Waals surface area contributed by atoms with E-state index in [-0.39, 0.29) is 0 Å². The first-order valence-electron chi connectivity index (χ1n) is 6.58. The number of hydrogen-bond acceptors (Lipinski definition) is 2. The molecule has 97 valence electrons. The van der Waals surface area contributed by atoms with Crippen molar-refractivity contribution < 1.29 is 0 Å². The maximum atomic E-state index is 4.31. The molecule has 0 fully saturated rings. The van der Waals surface area contributed by atoms with E-state index in [1.165, 1.54) is 0 Å². The van der Waals surface area contributed by atoms with E-state index in [2.05, 4.69) is 65.3 Å². The zero-order chi connectivity index (χ0) is 12.9. The van der Waals surface area contributed by atoms with Crippen molar-refractivity contribution in [2.45, 2.75) is 72.1 Å². The summed E-state index contributed by atoms with van der Waals surface area (Å²) in [4.78, 5) is 4.88. The smallest absolute Gasteiger partial charge is 0.0113 e. The standard InChI is InChI=1S/C14H31N2/c1-11(2)15(8)10-9-14(7)16(12(3)4)13(5)6/h11-14H,7,9-10H2,1-6,8H3. The summed E-state index contributed by atoms with van der Waals surface area (Å²) in [7, 11) is 2.19. The van der Waals surface area contributed by atoms with Crippen molar-refractivity contribution in [2.75, 3.05) is 13.6 Å². The van der Waals surface area contributed by atoms with Gasteiger partial charge in [-0.2, -0.15) is 0 Å². The normalized spacial score (nSPS) is 14.8. The maximum absolute atomic E-state index is 4.31. The van der Waals surface area contributed by atoms with Gasteiger partial charge in [-0.1, -0.05) is 0 Å². The van der Waals surface area contributed by atoms with E-state index < -0.39 is 0 Å². The Labute approximate surface area is 103 Å². The largest absolute Gasteiger partial charge is 0.304 e. The Bertz CT molecular complexity index is 168. The summed E-state index contributed by atoms with van der Waals surface area (Å²) in [5.74, 6) is 0. The second kappa shape index (κ2) is 7.29. The minimum absolute atomic E-state index is 0.418. The summed E-state index contributed by atoms with van der Waals surface area (Å²) < 4.78 is 0. The molecule has 1 unspecified atom stereocenters. The van der Waals surface area contributed by atoms with E-state index in [0.29, 0.717) is 24.2 Å². The van der Waals surface area contributed by atoms with E-state index in [1.54, 1.807) is 0 Å². The highest BCUT2D eigenvalue weighted by Crippen LogP contribution is 2.13. The zero-order valence-electron chi connectivity index (χ0n) is 12.3. The fourth-order valence-electron chi connectivity index (χ4n) is 2.20. The second-order valence-electron chi connectivity index (χ2n) is 5.65. The molecule has 0 aromatic carbocycles. The fraction of sp³-hybridized carbons (Fsp3) is 0.929. The second-order valence-corrected chi connectivity index (χ2v) is 5.65. The van der Waals surface area contributed by atoms with Crippen molar-refractivity contribution in [3.63, 3.8) is 0 Å². The van der Waals surface area contributed by atoms with E-state index in [0.717, 1.165) is 13.0 Å². The van der Waals surface area contributed by atoms with Crippen LogP contribution in [0.15, 0.2) is 0 Å². The third kappa shape index (κ3) is 5.31. The quantitative estimate of drug-likeness (QED) is 0.659. The molecule has 0 aliphatic carbocycles. The first-order chi connectivity index (χ1) is 7.27. The summed E-state index contributed by atoms with van der Waals surface area (Å²) in [5, 5.41) is 0. The van der Waals surface area contributed by atoms with E-state index in [4.69, 9.17) is 0 Å². The summed E-state index contributed by atoms with van der Waals surface area (Å²) >= 11 is 0. The molecule has 0 saturated carbocycles. The van der Waals surface area contributed by atoms with Crippen molar-refractivity contribution in [1.29, 1.82) is 0 Å². The van der Waals surface area contributed by atoms with Crippen molar-refractivity contribution in [3.8, 4) is 0 Å². The van der Waals surface area contributed by atoms with Crippen LogP contribution in [-0.2, 0) is 0 Å². The fourth-order valence-corrected chi connectivity index (χ4v) is 2.20. The number of rotatable bonds is 7. The molecule has 2 heteroatoms. The molecular weight excluding hydrogens is 196 g/mol. The third-order valence-corrected chi connectivity index (χ3v) is 3.31. The van der Waals surface area contributed by atoms with Crippen LogP contribution in [0.3, 0.4) is 0 Å². The van der Waals surface area contributed by atoms with Crippen molar-refractivity contribution in [3.05, 3.63) is 6.92 Å². The minimum Gasteiger partial charge on any atom is -0.304 e. The molecule has 0 amide bonds. The topological polar surface area (TPSA) is 6.48 Å². The van der Waals surface area contributed by atoms with Gasteiger partial charge in [0.2, 0.25) is 0 Å². The van der Waals surface area contributed by atoms with E-state index >= 15 is 0 Å². The van der Waals surface area contributed by atoms with E-state index in [1.807, 2.05) is 0 Å². The molecule has 0 bridgehead atoms. The molecule has 16 heavy (non-hydrogen) atoms. The highest BCUT2D eigenvalue weighted by Gasteiger charge is 2.20. The van der Waals surface area contributed by atoms with Gasteiger partial charge in [-0.25, -0.2) is 0 Å². The summed E-state index contributed by atoms with van der Waals surface area (Å²) in [5.41, 5.74) is 0. The van der Waals surface area contributed by atoms with Gasteiger partial charge in [0.05, 0.1) is 0 Å². The van der Waals surface area contributed by atoms with E-state index in [9.17, 15) is 0 Å². The van der Waals surface area contributed by atoms with Gasteiger partial charge >= 0.3 is 0 Å². The first kappa shape index (κ1) is 15.9. The van der Waals surface area contributed by atoms with Crippen LogP contribution in [0.2, 0.25) is 0 Å². The Balaban J connectivity index is 4.16. The van der Waals surface area contributed by atoms with Gasteiger partial charge in [-0.05, 0) is 68.5 Å². The average molecular weight is 227 g/mol. The minimum atomic E-state index is 0.418. The molecule has 0 aromatic heterocycles. The van der Waals surface area contributed by atoms with Crippen molar-refractivity contribution in [1.82, 2.24) is 9.80 Å². The molecule has 1 atom stereocenters. The van der Waals surface area contributed by atoms with Crippen LogP contribution in [0.1, 0.15) is 48.0 Å². The SMILES string of the molecule is [CH2]C(CCN(C)C(C)C)N(C(C)C)C(C)C. The molecule has 0 saturated heterocycles. The van der Waals surface area contributed by atoms with Gasteiger partial charge in [-0.3, -0.25) is 4.90 Å². The summed E-state index contributed by atoms with van der Waals surface area (Å²) in [6, 6.07) is 2.19. The van der Waals surface area contributed by atoms with Crippen LogP contribution in [0.4, 0.5) is 0 Å². The zero-order valence-corrected chi connectivity index (χ0v) is 12.3. The molecule has 0 rings (SSSR count). The van der Waals surface area contributed by atoms with Crippen molar-refractivity contribution in [2.24, 2.45) is 0 Å². The molecule has 1 radical (unpaired) electrons. The molecule has 0 spiro atoms. The molecule has 2 nitrogen and oxygen atoms in total. The first-order valence-corrected chi connectivity index (χ1v) is 6.58. The lowest BCUT2D eigenvalue weighted by Gasteiger charge is -2.37. The van der Waals surface area contributed by atoms with Gasteiger partial charge in [0.1, 0.15) is 0 Å². The Morgan fingerprint density at radius 3 is 1.62 bits per heavy atom. The molecule has 0 aromatic rings. The predicted molar refractivity (Wildman–Crippen MR) is 73.6 cm³/mol. The van der Waals surface area contributed by atoms with Gasteiger partial charge < -0.3 is 4.90 Å². The van der Waals surface area contributed by atoms with Gasteiger partial charge in [0.25, 0.3) is 0 Å². The number of nitrogens with zero attached hydrogens (tertiary/aromatic N) is 2. The lowest BCUT2D eigenvalue weighted by molar-refractivity contribution is 0.120. The van der Waals surface area contributed by atoms with Gasteiger partial charge in [0.15, 0.2) is 0 Å². The molecule has 0 N–H and O–H groups in total. The molecule has 0 aliphatic heterocycles. The van der Waals surface area contributed by atoms with Gasteiger partial charge in [-0.15, -0.1) is 0 Å². The summed E-state index contributed by atoms with van der Waals surface area (Å²) in [6.07, 6.45) is 1.14. The lowest BCUT2D eigenvalue weighted by Crippen LogP contribution is -2.45. The maximum Gasteiger partial charge on any atom is 0.0113 e. The van der Waals surface area contributed by atoms with Crippen molar-refractivity contribution >= 4 is 0 Å². The highest BCUT2D eigenvalue weighted by molar-refractivity contribution is 4.80. The van der Waals surface area contributed by atoms with Crippen LogP contribution in [0.5, 0.6) is 0 Å². The van der Waals surface area contributed by atoms with Crippen LogP contribution >= 0.6 is 0 Å². The van der Waals surface area contributed by atoms with Crippen LogP contribution in [0.25, 0.3) is 0 Å².